The molecule has 7 nitrogen and oxygen atoms in total. The van der Waals surface area contributed by atoms with Gasteiger partial charge >= 0.3 is 0 Å². The van der Waals surface area contributed by atoms with E-state index in [0.29, 0.717) is 22.7 Å². The van der Waals surface area contributed by atoms with Crippen LogP contribution < -0.4 is 20.1 Å². The smallest absolute Gasteiger partial charge is 0.251 e. The first-order chi connectivity index (χ1) is 11.5. The molecule has 1 rings (SSSR count). The second-order valence-electron chi connectivity index (χ2n) is 4.83. The van der Waals surface area contributed by atoms with E-state index in [1.807, 2.05) is 13.8 Å². The molecule has 0 aliphatic heterocycles. The molecule has 0 radical (unpaired) electrons. The van der Waals surface area contributed by atoms with Crippen LogP contribution in [0.4, 0.5) is 5.69 Å². The van der Waals surface area contributed by atoms with E-state index in [9.17, 15) is 9.59 Å². The lowest BCUT2D eigenvalue weighted by atomic mass is 10.1. The molecular weight excluding hydrogens is 332 g/mol. The van der Waals surface area contributed by atoms with Crippen LogP contribution in [0.25, 0.3) is 0 Å². The van der Waals surface area contributed by atoms with E-state index >= 15 is 0 Å². The van der Waals surface area contributed by atoms with Crippen molar-refractivity contribution in [1.29, 1.82) is 0 Å². The Balaban J connectivity index is 3.15. The minimum absolute atomic E-state index is 0.138. The molecule has 3 N–H and O–H groups in total. The highest BCUT2D eigenvalue weighted by Gasteiger charge is 2.20. The van der Waals surface area contributed by atoms with Gasteiger partial charge in [-0.05, 0) is 24.8 Å². The molecule has 1 aromatic carbocycles. The number of rotatable bonds is 9. The van der Waals surface area contributed by atoms with Gasteiger partial charge in [-0.1, -0.05) is 6.92 Å². The number of ether oxygens (including phenoxy) is 2. The SMILES string of the molecule is CCSC(C)C(=O)Nc1cc(C(=O)NCCO)cc(OC)c1OC. The second-order valence-corrected chi connectivity index (χ2v) is 6.44. The van der Waals surface area contributed by atoms with Crippen LogP contribution in [0, 0.1) is 0 Å². The zero-order valence-electron chi connectivity index (χ0n) is 14.3. The quantitative estimate of drug-likeness (QED) is 0.620. The van der Waals surface area contributed by atoms with Gasteiger partial charge in [0.15, 0.2) is 11.5 Å². The van der Waals surface area contributed by atoms with Crippen LogP contribution in [-0.4, -0.2) is 55.3 Å². The third-order valence-electron chi connectivity index (χ3n) is 3.18. The zero-order chi connectivity index (χ0) is 18.1. The molecule has 0 aliphatic rings. The van der Waals surface area contributed by atoms with Crippen LogP contribution in [-0.2, 0) is 4.79 Å². The number of aliphatic hydroxyl groups excluding tert-OH is 1. The lowest BCUT2D eigenvalue weighted by Crippen LogP contribution is -2.27. The highest BCUT2D eigenvalue weighted by Crippen LogP contribution is 2.37. The number of carbonyl (C=O) groups is 2. The molecule has 1 unspecified atom stereocenters. The van der Waals surface area contributed by atoms with Crippen molar-refractivity contribution in [3.05, 3.63) is 17.7 Å². The Labute approximate surface area is 146 Å². The summed E-state index contributed by atoms with van der Waals surface area (Å²) in [6.45, 7) is 3.77. The van der Waals surface area contributed by atoms with E-state index in [-0.39, 0.29) is 30.2 Å². The van der Waals surface area contributed by atoms with Crippen molar-refractivity contribution in [3.8, 4) is 11.5 Å². The third-order valence-corrected chi connectivity index (χ3v) is 4.23. The van der Waals surface area contributed by atoms with Gasteiger partial charge in [0.05, 0.1) is 31.8 Å². The van der Waals surface area contributed by atoms with Crippen LogP contribution in [0.5, 0.6) is 11.5 Å². The Kier molecular flexibility index (Phi) is 8.42. The molecule has 0 bridgehead atoms. The molecule has 8 heteroatoms. The summed E-state index contributed by atoms with van der Waals surface area (Å²) >= 11 is 1.51. The Bertz CT molecular complexity index is 580. The highest BCUT2D eigenvalue weighted by molar-refractivity contribution is 8.00. The van der Waals surface area contributed by atoms with Crippen molar-refractivity contribution in [3.63, 3.8) is 0 Å². The first-order valence-corrected chi connectivity index (χ1v) is 8.60. The van der Waals surface area contributed by atoms with Gasteiger partial charge in [-0.2, -0.15) is 0 Å². The number of thioether (sulfide) groups is 1. The fraction of sp³-hybridized carbons (Fsp3) is 0.500. The lowest BCUT2D eigenvalue weighted by molar-refractivity contribution is -0.115. The molecule has 1 atom stereocenters. The molecule has 0 aliphatic carbocycles. The number of anilines is 1. The number of methoxy groups -OCH3 is 2. The molecule has 2 amide bonds. The van der Waals surface area contributed by atoms with Crippen LogP contribution >= 0.6 is 11.8 Å². The number of nitrogens with one attached hydrogen (secondary N) is 2. The summed E-state index contributed by atoms with van der Waals surface area (Å²) in [5.41, 5.74) is 0.659. The monoisotopic (exact) mass is 356 g/mol. The van der Waals surface area contributed by atoms with E-state index in [0.717, 1.165) is 5.75 Å². The van der Waals surface area contributed by atoms with Crippen LogP contribution in [0.1, 0.15) is 24.2 Å². The fourth-order valence-electron chi connectivity index (χ4n) is 2.02. The Morgan fingerprint density at radius 1 is 1.29 bits per heavy atom. The molecule has 1 aromatic rings. The van der Waals surface area contributed by atoms with Gasteiger partial charge in [0.1, 0.15) is 0 Å². The summed E-state index contributed by atoms with van der Waals surface area (Å²) in [5.74, 6) is 0.934. The van der Waals surface area contributed by atoms with Crippen molar-refractivity contribution in [1.82, 2.24) is 5.32 Å². The zero-order valence-corrected chi connectivity index (χ0v) is 15.2. The normalized spacial score (nSPS) is 11.5. The maximum absolute atomic E-state index is 12.3. The fourth-order valence-corrected chi connectivity index (χ4v) is 2.73. The first-order valence-electron chi connectivity index (χ1n) is 7.55. The van der Waals surface area contributed by atoms with Crippen molar-refractivity contribution >= 4 is 29.3 Å². The molecule has 0 fully saturated rings. The molecule has 0 heterocycles. The summed E-state index contributed by atoms with van der Waals surface area (Å²) in [6.07, 6.45) is 0. The van der Waals surface area contributed by atoms with Gasteiger partial charge in [0, 0.05) is 12.1 Å². The largest absolute Gasteiger partial charge is 0.493 e. The minimum Gasteiger partial charge on any atom is -0.493 e. The minimum atomic E-state index is -0.378. The highest BCUT2D eigenvalue weighted by atomic mass is 32.2. The second kappa shape index (κ2) is 10.0. The summed E-state index contributed by atoms with van der Waals surface area (Å²) in [5, 5.41) is 13.9. The molecule has 0 spiro atoms. The van der Waals surface area contributed by atoms with Gasteiger partial charge in [0.2, 0.25) is 5.91 Å². The molecule has 134 valence electrons. The topological polar surface area (TPSA) is 96.9 Å². The van der Waals surface area contributed by atoms with E-state index in [2.05, 4.69) is 10.6 Å². The Morgan fingerprint density at radius 3 is 2.54 bits per heavy atom. The summed E-state index contributed by atoms with van der Waals surface area (Å²) in [6, 6.07) is 3.04. The van der Waals surface area contributed by atoms with Crippen molar-refractivity contribution in [2.45, 2.75) is 19.1 Å². The number of aliphatic hydroxyl groups is 1. The summed E-state index contributed by atoms with van der Waals surface area (Å²) < 4.78 is 10.6. The predicted molar refractivity (Wildman–Crippen MR) is 95.2 cm³/mol. The summed E-state index contributed by atoms with van der Waals surface area (Å²) in [4.78, 5) is 24.4. The van der Waals surface area contributed by atoms with Crippen molar-refractivity contribution in [2.75, 3.05) is 38.4 Å². The molecule has 24 heavy (non-hydrogen) atoms. The number of benzene rings is 1. The van der Waals surface area contributed by atoms with Crippen LogP contribution in [0.15, 0.2) is 12.1 Å². The van der Waals surface area contributed by atoms with Crippen molar-refractivity contribution in [2.24, 2.45) is 0 Å². The number of carbonyl (C=O) groups excluding carboxylic acids is 2. The average molecular weight is 356 g/mol. The average Bonchev–Trinajstić information content (AvgIpc) is 2.58. The number of hydrogen-bond acceptors (Lipinski definition) is 6. The predicted octanol–water partition coefficient (Wildman–Crippen LogP) is 1.51. The van der Waals surface area contributed by atoms with Gasteiger partial charge in [0.25, 0.3) is 5.91 Å². The Hall–Kier alpha value is -1.93. The van der Waals surface area contributed by atoms with E-state index < -0.39 is 0 Å². The third kappa shape index (κ3) is 5.31. The number of hydrogen-bond donors (Lipinski definition) is 3. The maximum Gasteiger partial charge on any atom is 0.251 e. The molecule has 0 aromatic heterocycles. The molecule has 0 saturated carbocycles. The van der Waals surface area contributed by atoms with Crippen molar-refractivity contribution < 1.29 is 24.2 Å². The van der Waals surface area contributed by atoms with Gasteiger partial charge < -0.3 is 25.2 Å². The number of amides is 2. The van der Waals surface area contributed by atoms with Gasteiger partial charge in [-0.25, -0.2) is 0 Å². The summed E-state index contributed by atoms with van der Waals surface area (Å²) in [7, 11) is 2.91. The standard InChI is InChI=1S/C16H24N2O5S/c1-5-24-10(2)15(20)18-12-8-11(16(21)17-6-7-19)9-13(22-3)14(12)23-4/h8-10,19H,5-7H2,1-4H3,(H,17,21)(H,18,20). The van der Waals surface area contributed by atoms with Crippen LogP contribution in [0.3, 0.4) is 0 Å². The molecule has 0 saturated heterocycles. The Morgan fingerprint density at radius 2 is 2.00 bits per heavy atom. The lowest BCUT2D eigenvalue weighted by Gasteiger charge is -2.17. The van der Waals surface area contributed by atoms with Crippen LogP contribution in [0.2, 0.25) is 0 Å². The van der Waals surface area contributed by atoms with E-state index in [4.69, 9.17) is 14.6 Å². The first kappa shape index (κ1) is 20.1. The maximum atomic E-state index is 12.3. The van der Waals surface area contributed by atoms with Gasteiger partial charge in [-0.3, -0.25) is 9.59 Å². The van der Waals surface area contributed by atoms with E-state index in [1.165, 1.54) is 38.1 Å². The van der Waals surface area contributed by atoms with E-state index in [1.54, 1.807) is 0 Å². The van der Waals surface area contributed by atoms with Gasteiger partial charge in [-0.15, -0.1) is 11.8 Å². The molecular formula is C16H24N2O5S.